The summed E-state index contributed by atoms with van der Waals surface area (Å²) >= 11 is 3.06. The number of nitrogens with zero attached hydrogens (tertiary/aromatic N) is 2. The zero-order valence-corrected chi connectivity index (χ0v) is 29.3. The minimum Gasteiger partial charge on any atom is -0.400 e. The van der Waals surface area contributed by atoms with Gasteiger partial charge < -0.3 is 20.8 Å². The molecule has 1 saturated heterocycles. The Morgan fingerprint density at radius 3 is 1.57 bits per heavy atom. The number of hydrogen-bond acceptors (Lipinski definition) is 6. The lowest BCUT2D eigenvalue weighted by Crippen LogP contribution is -2.41. The molecule has 0 radical (unpaired) electrons. The summed E-state index contributed by atoms with van der Waals surface area (Å²) in [6.07, 6.45) is 1.46. The third-order valence-corrected chi connectivity index (χ3v) is 8.07. The monoisotopic (exact) mass is 670 g/mol. The quantitative estimate of drug-likeness (QED) is 0.234. The van der Waals surface area contributed by atoms with Crippen LogP contribution in [0.15, 0.2) is 35.2 Å². The van der Waals surface area contributed by atoms with Gasteiger partial charge in [-0.05, 0) is 111 Å². The lowest BCUT2D eigenvalue weighted by atomic mass is 9.81. The van der Waals surface area contributed by atoms with Crippen molar-refractivity contribution < 1.29 is 18.1 Å². The van der Waals surface area contributed by atoms with Gasteiger partial charge in [0, 0.05) is 11.3 Å². The largest absolute Gasteiger partial charge is 0.489 e. The topological polar surface area (TPSA) is 118 Å². The SMILES string of the molecule is C=C(C)B1OC(C)(C)C(C)(C)O1.C=C(C)c1c(N)c(CC(C)C)cc(C#N)c1F.CC(C)Cc1cc(C#N)c(F)c(Br)c1N. The van der Waals surface area contributed by atoms with Crippen LogP contribution in [0.5, 0.6) is 0 Å². The van der Waals surface area contributed by atoms with Gasteiger partial charge in [-0.2, -0.15) is 10.5 Å². The zero-order valence-electron chi connectivity index (χ0n) is 27.7. The van der Waals surface area contributed by atoms with Crippen LogP contribution in [-0.4, -0.2) is 18.3 Å². The van der Waals surface area contributed by atoms with E-state index in [1.165, 1.54) is 12.1 Å². The molecule has 0 bridgehead atoms. The number of rotatable bonds is 6. The summed E-state index contributed by atoms with van der Waals surface area (Å²) in [5, 5.41) is 17.7. The molecule has 0 atom stereocenters. The van der Waals surface area contributed by atoms with Crippen LogP contribution in [0, 0.1) is 46.1 Å². The number of allylic oxidation sites excluding steroid dienone is 2. The predicted molar refractivity (Wildman–Crippen MR) is 181 cm³/mol. The second-order valence-corrected chi connectivity index (χ2v) is 13.7. The second kappa shape index (κ2) is 15.7. The van der Waals surface area contributed by atoms with Crippen LogP contribution >= 0.6 is 15.9 Å². The molecule has 3 rings (SSSR count). The van der Waals surface area contributed by atoms with E-state index >= 15 is 0 Å². The van der Waals surface area contributed by atoms with Gasteiger partial charge in [0.1, 0.15) is 18.0 Å². The highest BCUT2D eigenvalue weighted by Gasteiger charge is 2.51. The average Bonchev–Trinajstić information content (AvgIpc) is 3.13. The van der Waals surface area contributed by atoms with Crippen molar-refractivity contribution in [1.82, 2.24) is 0 Å². The van der Waals surface area contributed by atoms with Crippen LogP contribution in [-0.2, 0) is 22.2 Å². The Balaban J connectivity index is 0.000000335. The predicted octanol–water partition coefficient (Wildman–Crippen LogP) is 8.95. The molecule has 6 nitrogen and oxygen atoms in total. The molecule has 0 aromatic heterocycles. The zero-order chi connectivity index (χ0) is 34.3. The number of nitrogen functional groups attached to an aromatic ring is 2. The molecule has 238 valence electrons. The van der Waals surface area contributed by atoms with Crippen LogP contribution in [0.3, 0.4) is 0 Å². The molecule has 0 saturated carbocycles. The maximum Gasteiger partial charge on any atom is 0.489 e. The molecule has 4 N–H and O–H groups in total. The van der Waals surface area contributed by atoms with E-state index in [4.69, 9.17) is 31.3 Å². The molecule has 2 aromatic rings. The second-order valence-electron chi connectivity index (χ2n) is 12.9. The number of anilines is 2. The molecule has 1 aliphatic heterocycles. The van der Waals surface area contributed by atoms with Crippen LogP contribution in [0.4, 0.5) is 20.2 Å². The summed E-state index contributed by atoms with van der Waals surface area (Å²) < 4.78 is 39.0. The van der Waals surface area contributed by atoms with E-state index in [1.54, 1.807) is 6.92 Å². The molecule has 0 amide bonds. The van der Waals surface area contributed by atoms with Crippen LogP contribution < -0.4 is 11.5 Å². The standard InChI is InChI=1S/C14H17FN2.C11H12BrFN2.C9H17BO2/c1-8(2)5-10-6-11(7-16)13(15)12(9(3)4)14(10)17;1-6(2)3-7-4-8(5-14)10(13)9(12)11(7)15;1-7(2)10-11-8(3,4)9(5,6)12-10/h6,8H,3,5,17H2,1-2,4H3;4,6H,3,15H2,1-2H3;1H2,2-6H3. The van der Waals surface area contributed by atoms with E-state index in [0.29, 0.717) is 28.8 Å². The van der Waals surface area contributed by atoms with E-state index in [-0.39, 0.29) is 39.5 Å². The summed E-state index contributed by atoms with van der Waals surface area (Å²) in [4.78, 5) is 0. The summed E-state index contributed by atoms with van der Waals surface area (Å²) in [6, 6.07) is 6.74. The molecule has 0 unspecified atom stereocenters. The Bertz CT molecular complexity index is 1460. The normalized spacial score (nSPS) is 14.6. The van der Waals surface area contributed by atoms with Crippen molar-refractivity contribution >= 4 is 40.0 Å². The fourth-order valence-electron chi connectivity index (χ4n) is 4.26. The lowest BCUT2D eigenvalue weighted by molar-refractivity contribution is 0.00578. The first kappa shape index (κ1) is 38.8. The first-order valence-electron chi connectivity index (χ1n) is 14.5. The van der Waals surface area contributed by atoms with Gasteiger partial charge in [-0.1, -0.05) is 39.7 Å². The molecule has 1 heterocycles. The highest BCUT2D eigenvalue weighted by Crippen LogP contribution is 2.38. The van der Waals surface area contributed by atoms with Crippen molar-refractivity contribution in [1.29, 1.82) is 10.5 Å². The van der Waals surface area contributed by atoms with Crippen molar-refractivity contribution in [3.8, 4) is 12.1 Å². The number of nitrogens with two attached hydrogens (primary N) is 2. The van der Waals surface area contributed by atoms with Crippen LogP contribution in [0.2, 0.25) is 0 Å². The first-order chi connectivity index (χ1) is 20.1. The molecule has 10 heteroatoms. The lowest BCUT2D eigenvalue weighted by Gasteiger charge is -2.32. The number of benzene rings is 2. The van der Waals surface area contributed by atoms with Gasteiger partial charge in [-0.25, -0.2) is 8.78 Å². The Labute approximate surface area is 271 Å². The van der Waals surface area contributed by atoms with Crippen molar-refractivity contribution in [2.24, 2.45) is 11.8 Å². The fraction of sp³-hybridized carbons (Fsp3) is 0.471. The Hall–Kier alpha value is -3.18. The molecular formula is C34H46BBrF2N4O2. The maximum atomic E-state index is 13.9. The highest BCUT2D eigenvalue weighted by atomic mass is 79.9. The van der Waals surface area contributed by atoms with E-state index < -0.39 is 11.6 Å². The summed E-state index contributed by atoms with van der Waals surface area (Å²) in [6.45, 7) is 27.5. The first-order valence-corrected chi connectivity index (χ1v) is 15.2. The summed E-state index contributed by atoms with van der Waals surface area (Å²) in [7, 11) is -0.241. The van der Waals surface area contributed by atoms with Gasteiger partial charge in [0.15, 0.2) is 5.82 Å². The van der Waals surface area contributed by atoms with Gasteiger partial charge in [-0.3, -0.25) is 0 Å². The van der Waals surface area contributed by atoms with Crippen LogP contribution in [0.1, 0.15) is 97.1 Å². The van der Waals surface area contributed by atoms with Gasteiger partial charge in [-0.15, -0.1) is 6.58 Å². The summed E-state index contributed by atoms with van der Waals surface area (Å²) in [5.74, 6) is -0.337. The Kier molecular flexibility index (Phi) is 13.9. The third kappa shape index (κ3) is 9.66. The number of hydrogen-bond donors (Lipinski definition) is 2. The van der Waals surface area contributed by atoms with Crippen molar-refractivity contribution in [3.63, 3.8) is 0 Å². The third-order valence-electron chi connectivity index (χ3n) is 7.30. The fourth-order valence-corrected chi connectivity index (χ4v) is 4.73. The van der Waals surface area contributed by atoms with Gasteiger partial charge >= 0.3 is 7.12 Å². The van der Waals surface area contributed by atoms with Crippen molar-refractivity contribution in [3.05, 3.63) is 74.7 Å². The van der Waals surface area contributed by atoms with Crippen molar-refractivity contribution in [2.45, 2.75) is 93.3 Å². The minimum absolute atomic E-state index is 0.0340. The highest BCUT2D eigenvalue weighted by molar-refractivity contribution is 9.10. The molecule has 0 spiro atoms. The van der Waals surface area contributed by atoms with Gasteiger partial charge in [0.2, 0.25) is 0 Å². The molecule has 1 fully saturated rings. The van der Waals surface area contributed by atoms with E-state index in [0.717, 1.165) is 29.4 Å². The van der Waals surface area contributed by atoms with E-state index in [2.05, 4.69) is 42.9 Å². The summed E-state index contributed by atoms with van der Waals surface area (Å²) in [5.41, 5.74) is 15.5. The minimum atomic E-state index is -0.581. The number of halogens is 3. The van der Waals surface area contributed by atoms with E-state index in [9.17, 15) is 8.78 Å². The van der Waals surface area contributed by atoms with Crippen LogP contribution in [0.25, 0.3) is 5.57 Å². The molecule has 2 aromatic carbocycles. The molecule has 0 aliphatic carbocycles. The smallest absolute Gasteiger partial charge is 0.400 e. The average molecular weight is 671 g/mol. The molecule has 44 heavy (non-hydrogen) atoms. The molecular weight excluding hydrogens is 625 g/mol. The maximum absolute atomic E-state index is 13.9. The van der Waals surface area contributed by atoms with Crippen molar-refractivity contribution in [2.75, 3.05) is 11.5 Å². The van der Waals surface area contributed by atoms with Gasteiger partial charge in [0.25, 0.3) is 0 Å². The Morgan fingerprint density at radius 1 is 0.864 bits per heavy atom. The molecule has 1 aliphatic rings. The van der Waals surface area contributed by atoms with Gasteiger partial charge in [0.05, 0.1) is 32.5 Å². The van der Waals surface area contributed by atoms with E-state index in [1.807, 2.05) is 60.6 Å². The number of nitriles is 2. The Morgan fingerprint density at radius 2 is 1.25 bits per heavy atom.